The van der Waals surface area contributed by atoms with Gasteiger partial charge in [0, 0.05) is 12.1 Å². The Morgan fingerprint density at radius 3 is 2.23 bits per heavy atom. The molecule has 1 aliphatic heterocycles. The van der Waals surface area contributed by atoms with Crippen molar-refractivity contribution in [2.24, 2.45) is 0 Å². The third kappa shape index (κ3) is 7.90. The summed E-state index contributed by atoms with van der Waals surface area (Å²) >= 11 is 0. The fourth-order valence-electron chi connectivity index (χ4n) is 3.99. The van der Waals surface area contributed by atoms with Crippen LogP contribution in [0.3, 0.4) is 0 Å². The van der Waals surface area contributed by atoms with Crippen LogP contribution in [-0.4, -0.2) is 91.3 Å². The van der Waals surface area contributed by atoms with Gasteiger partial charge in [-0.25, -0.2) is 0 Å². The van der Waals surface area contributed by atoms with E-state index in [9.17, 15) is 45.0 Å². The molecular formula is C27H32O13. The summed E-state index contributed by atoms with van der Waals surface area (Å²) in [5, 5.41) is 60.8. The van der Waals surface area contributed by atoms with Gasteiger partial charge in [0.05, 0.1) is 25.0 Å². The van der Waals surface area contributed by atoms with Gasteiger partial charge < -0.3 is 49.6 Å². The molecule has 218 valence electrons. The number of phenolic OH excluding ortho intramolecular Hbond substituents is 2. The molecule has 5 unspecified atom stereocenters. The molecule has 0 bridgehead atoms. The standard InChI is InChI=1S/C27H32O13/c1-13(29)22-17(31)9-16(10-18(22)38-21(33)11-27(2,3)36)37-26-24(35)23(34)25(19(12-28)39-26)40-20(32)8-14-4-6-15(30)7-5-14/h4-7,9-10,19,23-26,28,30-31,34-36H,8,11-12H2,1-3H3. The number of aliphatic hydroxyl groups is 4. The minimum absolute atomic E-state index is 0.00590. The predicted molar refractivity (Wildman–Crippen MR) is 135 cm³/mol. The van der Waals surface area contributed by atoms with Crippen molar-refractivity contribution >= 4 is 17.7 Å². The van der Waals surface area contributed by atoms with Crippen LogP contribution in [0, 0.1) is 0 Å². The third-order valence-electron chi connectivity index (χ3n) is 5.83. The Balaban J connectivity index is 1.76. The number of phenols is 2. The van der Waals surface area contributed by atoms with Gasteiger partial charge in [0.2, 0.25) is 6.29 Å². The van der Waals surface area contributed by atoms with Crippen LogP contribution in [0.2, 0.25) is 0 Å². The number of carbonyl (C=O) groups excluding carboxylic acids is 3. The highest BCUT2D eigenvalue weighted by atomic mass is 16.7. The van der Waals surface area contributed by atoms with Gasteiger partial charge in [-0.15, -0.1) is 0 Å². The zero-order valence-electron chi connectivity index (χ0n) is 22.0. The van der Waals surface area contributed by atoms with Crippen LogP contribution in [-0.2, 0) is 25.5 Å². The molecule has 2 aromatic rings. The zero-order valence-corrected chi connectivity index (χ0v) is 22.0. The largest absolute Gasteiger partial charge is 0.508 e. The van der Waals surface area contributed by atoms with Gasteiger partial charge in [0.15, 0.2) is 11.9 Å². The van der Waals surface area contributed by atoms with Crippen LogP contribution in [0.1, 0.15) is 43.1 Å². The molecule has 13 heteroatoms. The molecule has 0 aromatic heterocycles. The SMILES string of the molecule is CC(=O)c1c(O)cc(OC2OC(CO)C(OC(=O)Cc3ccc(O)cc3)C(O)C2O)cc1OC(=O)CC(C)(C)O. The highest BCUT2D eigenvalue weighted by Crippen LogP contribution is 2.36. The highest BCUT2D eigenvalue weighted by molar-refractivity contribution is 6.00. The lowest BCUT2D eigenvalue weighted by atomic mass is 9.98. The average Bonchev–Trinajstić information content (AvgIpc) is 2.83. The number of ketones is 1. The van der Waals surface area contributed by atoms with Crippen molar-refractivity contribution in [2.45, 2.75) is 69.9 Å². The first-order valence-corrected chi connectivity index (χ1v) is 12.3. The number of rotatable bonds is 10. The number of esters is 2. The summed E-state index contributed by atoms with van der Waals surface area (Å²) in [6, 6.07) is 7.81. The number of aromatic hydroxyl groups is 2. The lowest BCUT2D eigenvalue weighted by Gasteiger charge is -2.41. The molecule has 3 rings (SSSR count). The third-order valence-corrected chi connectivity index (χ3v) is 5.83. The normalized spacial score (nSPS) is 22.8. The molecule has 5 atom stereocenters. The van der Waals surface area contributed by atoms with Crippen LogP contribution >= 0.6 is 0 Å². The number of benzene rings is 2. The van der Waals surface area contributed by atoms with Gasteiger partial charge >= 0.3 is 11.9 Å². The Kier molecular flexibility index (Phi) is 9.71. The van der Waals surface area contributed by atoms with Crippen LogP contribution in [0.4, 0.5) is 0 Å². The Morgan fingerprint density at radius 1 is 1.00 bits per heavy atom. The maximum atomic E-state index is 12.4. The number of carbonyl (C=O) groups is 3. The van der Waals surface area contributed by atoms with Crippen molar-refractivity contribution in [1.82, 2.24) is 0 Å². The highest BCUT2D eigenvalue weighted by Gasteiger charge is 2.47. The topological polar surface area (TPSA) is 210 Å². The average molecular weight is 565 g/mol. The van der Waals surface area contributed by atoms with Gasteiger partial charge in [-0.05, 0) is 38.5 Å². The minimum Gasteiger partial charge on any atom is -0.508 e. The first-order valence-electron chi connectivity index (χ1n) is 12.3. The molecule has 1 heterocycles. The first kappa shape index (κ1) is 30.8. The van der Waals surface area contributed by atoms with Crippen molar-refractivity contribution in [3.63, 3.8) is 0 Å². The van der Waals surface area contributed by atoms with E-state index >= 15 is 0 Å². The van der Waals surface area contributed by atoms with Gasteiger partial charge in [-0.2, -0.15) is 0 Å². The van der Waals surface area contributed by atoms with Gasteiger partial charge in [0.1, 0.15) is 46.9 Å². The second kappa shape index (κ2) is 12.6. The van der Waals surface area contributed by atoms with E-state index in [1.807, 2.05) is 0 Å². The monoisotopic (exact) mass is 564 g/mol. The second-order valence-electron chi connectivity index (χ2n) is 9.96. The maximum absolute atomic E-state index is 12.4. The molecule has 2 aromatic carbocycles. The molecule has 6 N–H and O–H groups in total. The fraction of sp³-hybridized carbons (Fsp3) is 0.444. The van der Waals surface area contributed by atoms with Crippen LogP contribution in [0.5, 0.6) is 23.0 Å². The molecule has 1 fully saturated rings. The summed E-state index contributed by atoms with van der Waals surface area (Å²) in [6.07, 6.45) is -8.70. The molecule has 1 aliphatic rings. The minimum atomic E-state index is -1.81. The van der Waals surface area contributed by atoms with E-state index in [0.717, 1.165) is 19.1 Å². The molecular weight excluding hydrogens is 532 g/mol. The Bertz CT molecular complexity index is 1220. The predicted octanol–water partition coefficient (Wildman–Crippen LogP) is 0.339. The second-order valence-corrected chi connectivity index (χ2v) is 9.96. The van der Waals surface area contributed by atoms with Crippen LogP contribution in [0.15, 0.2) is 36.4 Å². The molecule has 40 heavy (non-hydrogen) atoms. The van der Waals surface area contributed by atoms with Crippen molar-refractivity contribution < 1.29 is 64.0 Å². The van der Waals surface area contributed by atoms with Crippen LogP contribution in [0.25, 0.3) is 0 Å². The van der Waals surface area contributed by atoms with Crippen molar-refractivity contribution in [3.8, 4) is 23.0 Å². The van der Waals surface area contributed by atoms with Gasteiger partial charge in [-0.3, -0.25) is 14.4 Å². The molecule has 1 saturated heterocycles. The number of hydrogen-bond donors (Lipinski definition) is 6. The van der Waals surface area contributed by atoms with E-state index in [-0.39, 0.29) is 29.2 Å². The zero-order chi connectivity index (χ0) is 29.8. The van der Waals surface area contributed by atoms with Crippen molar-refractivity contribution in [1.29, 1.82) is 0 Å². The van der Waals surface area contributed by atoms with Crippen molar-refractivity contribution in [2.75, 3.05) is 6.61 Å². The smallest absolute Gasteiger partial charge is 0.314 e. The first-order chi connectivity index (χ1) is 18.7. The number of Topliss-reactive ketones (excluding diaryl/α,β-unsaturated/α-hetero) is 1. The van der Waals surface area contributed by atoms with E-state index in [2.05, 4.69) is 0 Å². The maximum Gasteiger partial charge on any atom is 0.314 e. The van der Waals surface area contributed by atoms with Crippen LogP contribution < -0.4 is 9.47 Å². The lowest BCUT2D eigenvalue weighted by molar-refractivity contribution is -0.281. The molecule has 0 aliphatic carbocycles. The number of aliphatic hydroxyl groups excluding tert-OH is 3. The Hall–Kier alpha value is -3.75. The van der Waals surface area contributed by atoms with E-state index in [1.54, 1.807) is 0 Å². The summed E-state index contributed by atoms with van der Waals surface area (Å²) in [6.45, 7) is 3.14. The Labute approximate surface area is 229 Å². The number of ether oxygens (including phenoxy) is 4. The van der Waals surface area contributed by atoms with Gasteiger partial charge in [-0.1, -0.05) is 12.1 Å². The summed E-state index contributed by atoms with van der Waals surface area (Å²) in [4.78, 5) is 36.7. The summed E-state index contributed by atoms with van der Waals surface area (Å²) in [7, 11) is 0. The summed E-state index contributed by atoms with van der Waals surface area (Å²) in [5.74, 6) is -3.60. The molecule has 0 amide bonds. The fourth-order valence-corrected chi connectivity index (χ4v) is 3.99. The molecule has 13 nitrogen and oxygen atoms in total. The van der Waals surface area contributed by atoms with E-state index < -0.39 is 72.8 Å². The summed E-state index contributed by atoms with van der Waals surface area (Å²) in [5.41, 5.74) is -1.25. The molecule has 0 saturated carbocycles. The van der Waals surface area contributed by atoms with E-state index in [1.165, 1.54) is 38.1 Å². The quantitative estimate of drug-likeness (QED) is 0.131. The van der Waals surface area contributed by atoms with E-state index in [4.69, 9.17) is 18.9 Å². The molecule has 0 radical (unpaired) electrons. The van der Waals surface area contributed by atoms with Gasteiger partial charge in [0.25, 0.3) is 0 Å². The molecule has 0 spiro atoms. The lowest BCUT2D eigenvalue weighted by Crippen LogP contribution is -2.61. The number of hydrogen-bond acceptors (Lipinski definition) is 13. The van der Waals surface area contributed by atoms with Crippen molar-refractivity contribution in [3.05, 3.63) is 47.5 Å². The van der Waals surface area contributed by atoms with E-state index in [0.29, 0.717) is 5.56 Å². The summed E-state index contributed by atoms with van der Waals surface area (Å²) < 4.78 is 21.5. The Morgan fingerprint density at radius 2 is 1.65 bits per heavy atom.